The Kier molecular flexibility index (Phi) is 1.95. The van der Waals surface area contributed by atoms with E-state index in [0.717, 1.165) is 17.7 Å². The second-order valence-electron chi connectivity index (χ2n) is 3.14. The van der Waals surface area contributed by atoms with Gasteiger partial charge < -0.3 is 10.8 Å². The number of aryl methyl sites for hydroxylation is 1. The number of carbonyl (C=O) groups is 1. The number of thiazole rings is 1. The van der Waals surface area contributed by atoms with Crippen LogP contribution < -0.4 is 5.73 Å². The molecule has 2 rings (SSSR count). The van der Waals surface area contributed by atoms with Gasteiger partial charge in [0.25, 0.3) is 0 Å². The molecule has 0 saturated carbocycles. The summed E-state index contributed by atoms with van der Waals surface area (Å²) in [6, 6.07) is 0. The van der Waals surface area contributed by atoms with Gasteiger partial charge in [0, 0.05) is 4.88 Å². The van der Waals surface area contributed by atoms with Crippen LogP contribution >= 0.6 is 11.3 Å². The number of rotatable bonds is 1. The van der Waals surface area contributed by atoms with Crippen molar-refractivity contribution in [1.29, 1.82) is 0 Å². The molecule has 1 aliphatic rings. The monoisotopic (exact) mass is 198 g/mol. The minimum atomic E-state index is -0.786. The number of fused-ring (bicyclic) bond motifs is 1. The quantitative estimate of drug-likeness (QED) is 0.711. The Balaban J connectivity index is 2.41. The maximum atomic E-state index is 10.9. The highest BCUT2D eigenvalue weighted by Gasteiger charge is 2.29. The molecule has 1 atom stereocenters. The second-order valence-corrected chi connectivity index (χ2v) is 4.26. The molecule has 1 aliphatic carbocycles. The molecule has 0 radical (unpaired) electrons. The van der Waals surface area contributed by atoms with Gasteiger partial charge in [0.2, 0.25) is 0 Å². The third kappa shape index (κ3) is 1.39. The van der Waals surface area contributed by atoms with Crippen LogP contribution in [0.3, 0.4) is 0 Å². The molecule has 3 N–H and O–H groups in total. The summed E-state index contributed by atoms with van der Waals surface area (Å²) in [5.74, 6) is -1.22. The van der Waals surface area contributed by atoms with Gasteiger partial charge in [0.15, 0.2) is 5.13 Å². The van der Waals surface area contributed by atoms with Crippen LogP contribution in [0.5, 0.6) is 0 Å². The van der Waals surface area contributed by atoms with Crippen LogP contribution in [0.25, 0.3) is 0 Å². The maximum absolute atomic E-state index is 10.9. The molecule has 0 aliphatic heterocycles. The standard InChI is InChI=1S/C8H10N2O2S/c9-8-10-6-4(7(11)12)2-1-3-5(6)13-8/h4H,1-3H2,(H2,9,10)(H,11,12). The van der Waals surface area contributed by atoms with Crippen LogP contribution in [0.1, 0.15) is 29.3 Å². The van der Waals surface area contributed by atoms with Gasteiger partial charge >= 0.3 is 5.97 Å². The van der Waals surface area contributed by atoms with Crippen molar-refractivity contribution < 1.29 is 9.90 Å². The summed E-state index contributed by atoms with van der Waals surface area (Å²) in [6.45, 7) is 0. The van der Waals surface area contributed by atoms with E-state index in [0.29, 0.717) is 17.2 Å². The first kappa shape index (κ1) is 8.50. The number of carboxylic acid groups (broad SMARTS) is 1. The molecule has 1 aromatic rings. The van der Waals surface area contributed by atoms with Crippen molar-refractivity contribution in [1.82, 2.24) is 4.98 Å². The minimum Gasteiger partial charge on any atom is -0.481 e. The van der Waals surface area contributed by atoms with E-state index in [1.807, 2.05) is 0 Å². The largest absolute Gasteiger partial charge is 0.481 e. The van der Waals surface area contributed by atoms with Gasteiger partial charge in [-0.15, -0.1) is 11.3 Å². The van der Waals surface area contributed by atoms with Crippen LogP contribution in [-0.4, -0.2) is 16.1 Å². The first-order chi connectivity index (χ1) is 6.18. The number of anilines is 1. The Morgan fingerprint density at radius 2 is 2.46 bits per heavy atom. The van der Waals surface area contributed by atoms with Gasteiger partial charge in [-0.05, 0) is 19.3 Å². The van der Waals surface area contributed by atoms with Crippen LogP contribution in [0.15, 0.2) is 0 Å². The topological polar surface area (TPSA) is 76.2 Å². The number of nitrogens with zero attached hydrogens (tertiary/aromatic N) is 1. The third-order valence-electron chi connectivity index (χ3n) is 2.27. The van der Waals surface area contributed by atoms with Gasteiger partial charge in [0.1, 0.15) is 5.92 Å². The molecule has 5 heteroatoms. The van der Waals surface area contributed by atoms with Crippen LogP contribution in [0.2, 0.25) is 0 Å². The number of aromatic nitrogens is 1. The molecule has 0 aromatic carbocycles. The summed E-state index contributed by atoms with van der Waals surface area (Å²) in [4.78, 5) is 16.0. The summed E-state index contributed by atoms with van der Waals surface area (Å²) < 4.78 is 0. The fourth-order valence-electron chi connectivity index (χ4n) is 1.68. The van der Waals surface area contributed by atoms with Gasteiger partial charge in [-0.1, -0.05) is 0 Å². The zero-order valence-electron chi connectivity index (χ0n) is 6.99. The van der Waals surface area contributed by atoms with E-state index < -0.39 is 11.9 Å². The average molecular weight is 198 g/mol. The highest BCUT2D eigenvalue weighted by molar-refractivity contribution is 7.15. The lowest BCUT2D eigenvalue weighted by Gasteiger charge is -2.16. The van der Waals surface area contributed by atoms with Gasteiger partial charge in [-0.25, -0.2) is 4.98 Å². The van der Waals surface area contributed by atoms with Crippen molar-refractivity contribution in [2.75, 3.05) is 5.73 Å². The first-order valence-corrected chi connectivity index (χ1v) is 4.98. The van der Waals surface area contributed by atoms with Crippen LogP contribution in [0.4, 0.5) is 5.13 Å². The molecular weight excluding hydrogens is 188 g/mol. The molecule has 0 spiro atoms. The number of aliphatic carboxylic acids is 1. The van der Waals surface area contributed by atoms with E-state index in [2.05, 4.69) is 4.98 Å². The second kappa shape index (κ2) is 2.99. The zero-order valence-corrected chi connectivity index (χ0v) is 7.80. The predicted molar refractivity (Wildman–Crippen MR) is 49.8 cm³/mol. The number of nitrogens with two attached hydrogens (primary N) is 1. The van der Waals surface area contributed by atoms with E-state index in [1.165, 1.54) is 11.3 Å². The van der Waals surface area contributed by atoms with Gasteiger partial charge in [-0.2, -0.15) is 0 Å². The first-order valence-electron chi connectivity index (χ1n) is 4.16. The Bertz CT molecular complexity index is 348. The smallest absolute Gasteiger partial charge is 0.312 e. The lowest BCUT2D eigenvalue weighted by Crippen LogP contribution is -2.17. The normalized spacial score (nSPS) is 21.1. The molecule has 1 heterocycles. The SMILES string of the molecule is Nc1nc2c(s1)CCCC2C(=O)O. The molecule has 1 unspecified atom stereocenters. The third-order valence-corrected chi connectivity index (χ3v) is 3.23. The summed E-state index contributed by atoms with van der Waals surface area (Å²) in [5.41, 5.74) is 6.23. The van der Waals surface area contributed by atoms with Gasteiger partial charge in [-0.3, -0.25) is 4.79 Å². The Morgan fingerprint density at radius 1 is 1.69 bits per heavy atom. The molecule has 0 bridgehead atoms. The molecule has 0 saturated heterocycles. The lowest BCUT2D eigenvalue weighted by atomic mass is 9.91. The fourth-order valence-corrected chi connectivity index (χ4v) is 2.61. The van der Waals surface area contributed by atoms with E-state index >= 15 is 0 Å². The Hall–Kier alpha value is -1.10. The number of hydrogen-bond acceptors (Lipinski definition) is 4. The molecule has 13 heavy (non-hydrogen) atoms. The molecule has 1 aromatic heterocycles. The number of carboxylic acids is 1. The van der Waals surface area contributed by atoms with Gasteiger partial charge in [0.05, 0.1) is 5.69 Å². The summed E-state index contributed by atoms with van der Waals surface area (Å²) in [6.07, 6.45) is 2.53. The number of nitrogen functional groups attached to an aromatic ring is 1. The van der Waals surface area contributed by atoms with Crippen molar-refractivity contribution in [2.45, 2.75) is 25.2 Å². The highest BCUT2D eigenvalue weighted by atomic mass is 32.1. The van der Waals surface area contributed by atoms with E-state index in [1.54, 1.807) is 0 Å². The molecular formula is C8H10N2O2S. The van der Waals surface area contributed by atoms with Crippen molar-refractivity contribution in [3.05, 3.63) is 10.6 Å². The average Bonchev–Trinajstić information content (AvgIpc) is 2.43. The van der Waals surface area contributed by atoms with E-state index in [4.69, 9.17) is 10.8 Å². The van der Waals surface area contributed by atoms with Crippen LogP contribution in [0, 0.1) is 0 Å². The molecule has 4 nitrogen and oxygen atoms in total. The molecule has 0 fully saturated rings. The van der Waals surface area contributed by atoms with Crippen molar-refractivity contribution in [3.63, 3.8) is 0 Å². The summed E-state index contributed by atoms with van der Waals surface area (Å²) >= 11 is 1.41. The highest BCUT2D eigenvalue weighted by Crippen LogP contribution is 2.35. The number of hydrogen-bond donors (Lipinski definition) is 2. The van der Waals surface area contributed by atoms with Crippen LogP contribution in [-0.2, 0) is 11.2 Å². The predicted octanol–water partition coefficient (Wildman–Crippen LogP) is 1.23. The maximum Gasteiger partial charge on any atom is 0.312 e. The van der Waals surface area contributed by atoms with Crippen molar-refractivity contribution in [3.8, 4) is 0 Å². The Labute approximate surface area is 79.4 Å². The molecule has 70 valence electrons. The van der Waals surface area contributed by atoms with Crippen molar-refractivity contribution in [2.24, 2.45) is 0 Å². The fraction of sp³-hybridized carbons (Fsp3) is 0.500. The Morgan fingerprint density at radius 3 is 3.15 bits per heavy atom. The van der Waals surface area contributed by atoms with Crippen molar-refractivity contribution >= 4 is 22.4 Å². The lowest BCUT2D eigenvalue weighted by molar-refractivity contribution is -0.139. The zero-order chi connectivity index (χ0) is 9.42. The molecule has 0 amide bonds. The minimum absolute atomic E-state index is 0.433. The summed E-state index contributed by atoms with van der Waals surface area (Å²) in [5, 5.41) is 9.40. The van der Waals surface area contributed by atoms with E-state index in [-0.39, 0.29) is 0 Å². The van der Waals surface area contributed by atoms with E-state index in [9.17, 15) is 4.79 Å². The summed E-state index contributed by atoms with van der Waals surface area (Å²) in [7, 11) is 0.